The molecule has 0 aliphatic heterocycles. The summed E-state index contributed by atoms with van der Waals surface area (Å²) in [5.41, 5.74) is 8.01. The zero-order chi connectivity index (χ0) is 14.5. The van der Waals surface area contributed by atoms with E-state index >= 15 is 0 Å². The van der Waals surface area contributed by atoms with Gasteiger partial charge < -0.3 is 15.4 Å². The Bertz CT molecular complexity index is 550. The zero-order valence-corrected chi connectivity index (χ0v) is 12.3. The largest absolute Gasteiger partial charge is 0.397 e. The molecule has 5 nitrogen and oxygen atoms in total. The average molecular weight is 276 g/mol. The molecule has 110 valence electrons. The Kier molecular flexibility index (Phi) is 4.95. The van der Waals surface area contributed by atoms with Crippen molar-refractivity contribution in [3.8, 4) is 0 Å². The van der Waals surface area contributed by atoms with Gasteiger partial charge in [0.25, 0.3) is 0 Å². The number of nitrogens with two attached hydrogens (primary N) is 1. The first kappa shape index (κ1) is 14.8. The number of aliphatic hydroxyl groups excluding tert-OH is 1. The molecule has 0 bridgehead atoms. The van der Waals surface area contributed by atoms with E-state index in [0.29, 0.717) is 11.2 Å². The van der Waals surface area contributed by atoms with Gasteiger partial charge >= 0.3 is 0 Å². The highest BCUT2D eigenvalue weighted by Gasteiger charge is 2.20. The topological polar surface area (TPSA) is 77.0 Å². The Hall–Kier alpha value is -1.62. The normalized spacial score (nSPS) is 14.6. The molecule has 3 N–H and O–H groups in total. The maximum atomic E-state index is 10.1. The van der Waals surface area contributed by atoms with E-state index in [0.717, 1.165) is 18.5 Å². The van der Waals surface area contributed by atoms with Crippen LogP contribution in [0.25, 0.3) is 11.2 Å². The molecule has 2 atom stereocenters. The third kappa shape index (κ3) is 3.10. The number of rotatable bonds is 7. The van der Waals surface area contributed by atoms with Gasteiger partial charge in [-0.2, -0.15) is 0 Å². The van der Waals surface area contributed by atoms with Crippen LogP contribution in [0.1, 0.15) is 52.0 Å². The molecule has 2 aromatic rings. The quantitative estimate of drug-likeness (QED) is 0.762. The number of unbranched alkanes of at least 4 members (excludes halogenated alkanes) is 3. The molecule has 0 saturated carbocycles. The lowest BCUT2D eigenvalue weighted by atomic mass is 10.0. The van der Waals surface area contributed by atoms with E-state index < -0.39 is 6.10 Å². The standard InChI is InChI=1S/C15H24N4O/c1-3-4-5-6-7-13(11(2)20)19-10-18-14-12(16)8-9-17-15(14)19/h8-11,13,20H,3-7H2,1-2H3,(H2,16,17)/t11-,13+/m1/s1. The molecular weight excluding hydrogens is 252 g/mol. The van der Waals surface area contributed by atoms with E-state index in [1.54, 1.807) is 18.6 Å². The molecule has 0 fully saturated rings. The summed E-state index contributed by atoms with van der Waals surface area (Å²) in [5, 5.41) is 10.1. The highest BCUT2D eigenvalue weighted by atomic mass is 16.3. The van der Waals surface area contributed by atoms with Crippen LogP contribution in [0.4, 0.5) is 5.69 Å². The Morgan fingerprint density at radius 3 is 2.80 bits per heavy atom. The minimum absolute atomic E-state index is 0.00570. The first-order valence-electron chi connectivity index (χ1n) is 7.40. The van der Waals surface area contributed by atoms with Gasteiger partial charge in [-0.05, 0) is 19.4 Å². The fourth-order valence-corrected chi connectivity index (χ4v) is 2.59. The van der Waals surface area contributed by atoms with Crippen molar-refractivity contribution >= 4 is 16.9 Å². The Balaban J connectivity index is 2.21. The lowest BCUT2D eigenvalue weighted by molar-refractivity contribution is 0.124. The predicted octanol–water partition coefficient (Wildman–Crippen LogP) is 2.91. The van der Waals surface area contributed by atoms with Gasteiger partial charge in [0.2, 0.25) is 0 Å². The highest BCUT2D eigenvalue weighted by Crippen LogP contribution is 2.26. The fourth-order valence-electron chi connectivity index (χ4n) is 2.59. The van der Waals surface area contributed by atoms with Gasteiger partial charge in [0, 0.05) is 6.20 Å². The van der Waals surface area contributed by atoms with Gasteiger partial charge in [0.15, 0.2) is 5.65 Å². The first-order valence-corrected chi connectivity index (χ1v) is 7.40. The number of anilines is 1. The number of hydrogen-bond donors (Lipinski definition) is 2. The van der Waals surface area contributed by atoms with Crippen LogP contribution in [0.2, 0.25) is 0 Å². The van der Waals surface area contributed by atoms with Gasteiger partial charge in [0.05, 0.1) is 24.2 Å². The number of aliphatic hydroxyl groups is 1. The van der Waals surface area contributed by atoms with Crippen molar-refractivity contribution in [2.75, 3.05) is 5.73 Å². The van der Waals surface area contributed by atoms with Crippen molar-refractivity contribution in [2.45, 2.75) is 58.1 Å². The molecule has 5 heteroatoms. The molecule has 0 saturated heterocycles. The summed E-state index contributed by atoms with van der Waals surface area (Å²) < 4.78 is 1.96. The van der Waals surface area contributed by atoms with Crippen molar-refractivity contribution in [3.63, 3.8) is 0 Å². The van der Waals surface area contributed by atoms with Gasteiger partial charge in [-0.1, -0.05) is 32.6 Å². The monoisotopic (exact) mass is 276 g/mol. The zero-order valence-electron chi connectivity index (χ0n) is 12.3. The summed E-state index contributed by atoms with van der Waals surface area (Å²) in [6, 6.07) is 1.75. The van der Waals surface area contributed by atoms with Crippen LogP contribution in [0.15, 0.2) is 18.6 Å². The molecule has 0 amide bonds. The Labute approximate surface area is 119 Å². The van der Waals surface area contributed by atoms with Crippen LogP contribution in [0.3, 0.4) is 0 Å². The summed E-state index contributed by atoms with van der Waals surface area (Å²) in [6.07, 6.45) is 8.68. The maximum Gasteiger partial charge on any atom is 0.162 e. The fraction of sp³-hybridized carbons (Fsp3) is 0.600. The van der Waals surface area contributed by atoms with Crippen molar-refractivity contribution in [2.24, 2.45) is 0 Å². The number of aromatic nitrogens is 3. The minimum atomic E-state index is -0.433. The van der Waals surface area contributed by atoms with Crippen molar-refractivity contribution in [1.29, 1.82) is 0 Å². The maximum absolute atomic E-state index is 10.1. The average Bonchev–Trinajstić information content (AvgIpc) is 2.84. The summed E-state index contributed by atoms with van der Waals surface area (Å²) in [5.74, 6) is 0. The van der Waals surface area contributed by atoms with E-state index in [-0.39, 0.29) is 6.04 Å². The number of imidazole rings is 1. The second-order valence-corrected chi connectivity index (χ2v) is 5.38. The van der Waals surface area contributed by atoms with Gasteiger partial charge in [-0.15, -0.1) is 0 Å². The molecule has 0 aromatic carbocycles. The van der Waals surface area contributed by atoms with Crippen molar-refractivity contribution in [3.05, 3.63) is 18.6 Å². The van der Waals surface area contributed by atoms with Crippen LogP contribution in [0.5, 0.6) is 0 Å². The lowest BCUT2D eigenvalue weighted by Gasteiger charge is -2.21. The number of nitrogen functional groups attached to an aromatic ring is 1. The summed E-state index contributed by atoms with van der Waals surface area (Å²) in [4.78, 5) is 8.69. The van der Waals surface area contributed by atoms with Crippen LogP contribution in [-0.2, 0) is 0 Å². The van der Waals surface area contributed by atoms with E-state index in [1.165, 1.54) is 19.3 Å². The van der Waals surface area contributed by atoms with E-state index in [1.807, 2.05) is 11.5 Å². The Morgan fingerprint density at radius 1 is 1.30 bits per heavy atom. The number of pyridine rings is 1. The van der Waals surface area contributed by atoms with Gasteiger partial charge in [-0.25, -0.2) is 9.97 Å². The molecule has 0 aliphatic rings. The second kappa shape index (κ2) is 6.70. The third-order valence-corrected chi connectivity index (χ3v) is 3.76. The SMILES string of the molecule is CCCCCC[C@@H]([C@@H](C)O)n1cnc2c(N)ccnc21. The first-order chi connectivity index (χ1) is 9.65. The van der Waals surface area contributed by atoms with Crippen LogP contribution in [0, 0.1) is 0 Å². The van der Waals surface area contributed by atoms with Crippen LogP contribution < -0.4 is 5.73 Å². The third-order valence-electron chi connectivity index (χ3n) is 3.76. The highest BCUT2D eigenvalue weighted by molar-refractivity contribution is 5.83. The number of hydrogen-bond acceptors (Lipinski definition) is 4. The van der Waals surface area contributed by atoms with Crippen molar-refractivity contribution in [1.82, 2.24) is 14.5 Å². The predicted molar refractivity (Wildman–Crippen MR) is 81.4 cm³/mol. The van der Waals surface area contributed by atoms with Crippen LogP contribution in [-0.4, -0.2) is 25.7 Å². The smallest absolute Gasteiger partial charge is 0.162 e. The molecule has 0 radical (unpaired) electrons. The second-order valence-electron chi connectivity index (χ2n) is 5.38. The lowest BCUT2D eigenvalue weighted by Crippen LogP contribution is -2.21. The molecular formula is C15H24N4O. The number of nitrogens with zero attached hydrogens (tertiary/aromatic N) is 3. The van der Waals surface area contributed by atoms with E-state index in [9.17, 15) is 5.11 Å². The minimum Gasteiger partial charge on any atom is -0.397 e. The molecule has 0 spiro atoms. The molecule has 2 rings (SSSR count). The summed E-state index contributed by atoms with van der Waals surface area (Å²) in [6.45, 7) is 4.02. The van der Waals surface area contributed by atoms with Gasteiger partial charge in [0.1, 0.15) is 5.52 Å². The molecule has 0 aliphatic carbocycles. The van der Waals surface area contributed by atoms with Gasteiger partial charge in [-0.3, -0.25) is 0 Å². The number of fused-ring (bicyclic) bond motifs is 1. The molecule has 2 aromatic heterocycles. The summed E-state index contributed by atoms with van der Waals surface area (Å²) in [7, 11) is 0. The van der Waals surface area contributed by atoms with Crippen molar-refractivity contribution < 1.29 is 5.11 Å². The molecule has 2 heterocycles. The van der Waals surface area contributed by atoms with E-state index in [4.69, 9.17) is 5.73 Å². The van der Waals surface area contributed by atoms with Crippen LogP contribution >= 0.6 is 0 Å². The van der Waals surface area contributed by atoms with E-state index in [2.05, 4.69) is 16.9 Å². The molecule has 20 heavy (non-hydrogen) atoms. The molecule has 0 unspecified atom stereocenters. The summed E-state index contributed by atoms with van der Waals surface area (Å²) >= 11 is 0. The Morgan fingerprint density at radius 2 is 2.10 bits per heavy atom.